The molecule has 1 unspecified atom stereocenters. The van der Waals surface area contributed by atoms with Crippen LogP contribution in [-0.2, 0) is 16.6 Å². The average Bonchev–Trinajstić information content (AvgIpc) is 2.66. The van der Waals surface area contributed by atoms with Gasteiger partial charge in [-0.25, -0.2) is 18.4 Å². The second-order valence-electron chi connectivity index (χ2n) is 6.31. The minimum absolute atomic E-state index is 0.202. The molecule has 0 N–H and O–H groups in total. The van der Waals surface area contributed by atoms with Gasteiger partial charge < -0.3 is 4.90 Å². The molecular weight excluding hydrogens is 354 g/mol. The summed E-state index contributed by atoms with van der Waals surface area (Å²) in [4.78, 5) is 26.2. The van der Waals surface area contributed by atoms with Gasteiger partial charge in [-0.2, -0.15) is 4.31 Å². The van der Waals surface area contributed by atoms with Crippen LogP contribution in [0, 0.1) is 0 Å². The number of nitrogens with zero attached hydrogens (tertiary/aromatic N) is 5. The smallest absolute Gasteiger partial charge is 0.272 e. The van der Waals surface area contributed by atoms with Crippen molar-refractivity contribution in [2.45, 2.75) is 25.4 Å². The summed E-state index contributed by atoms with van der Waals surface area (Å²) in [7, 11) is -3.43. The van der Waals surface area contributed by atoms with Gasteiger partial charge >= 0.3 is 0 Å². The molecule has 0 spiro atoms. The van der Waals surface area contributed by atoms with Gasteiger partial charge in [0.15, 0.2) is 0 Å². The van der Waals surface area contributed by atoms with E-state index in [1.54, 1.807) is 29.4 Å². The van der Waals surface area contributed by atoms with Crippen LogP contribution < -0.4 is 0 Å². The lowest BCUT2D eigenvalue weighted by Gasteiger charge is -2.38. The van der Waals surface area contributed by atoms with Crippen LogP contribution in [0.5, 0.6) is 0 Å². The van der Waals surface area contributed by atoms with Crippen molar-refractivity contribution >= 4 is 15.9 Å². The number of pyridine rings is 1. The zero-order chi connectivity index (χ0) is 18.6. The molecule has 9 heteroatoms. The highest BCUT2D eigenvalue weighted by Gasteiger charge is 2.33. The first-order valence-corrected chi connectivity index (χ1v) is 10.2. The van der Waals surface area contributed by atoms with Gasteiger partial charge in [-0.1, -0.05) is 6.07 Å². The maximum absolute atomic E-state index is 12.6. The Morgan fingerprint density at radius 3 is 2.81 bits per heavy atom. The molecule has 1 aliphatic rings. The van der Waals surface area contributed by atoms with Crippen LogP contribution in [-0.4, -0.2) is 63.9 Å². The van der Waals surface area contributed by atoms with Crippen molar-refractivity contribution in [3.05, 3.63) is 54.4 Å². The van der Waals surface area contributed by atoms with Gasteiger partial charge in [0.05, 0.1) is 6.26 Å². The monoisotopic (exact) mass is 375 g/mol. The molecule has 8 nitrogen and oxygen atoms in total. The van der Waals surface area contributed by atoms with Crippen LogP contribution in [0.1, 0.15) is 28.9 Å². The first-order valence-electron chi connectivity index (χ1n) is 8.36. The van der Waals surface area contributed by atoms with Gasteiger partial charge in [0, 0.05) is 44.3 Å². The number of rotatable bonds is 5. The largest absolute Gasteiger partial charge is 0.336 e. The number of carbonyl (C=O) groups is 1. The normalized spacial score (nSPS) is 18.1. The van der Waals surface area contributed by atoms with E-state index in [9.17, 15) is 13.2 Å². The number of hydrogen-bond acceptors (Lipinski definition) is 6. The van der Waals surface area contributed by atoms with Crippen LogP contribution in [0.3, 0.4) is 0 Å². The number of likely N-dealkylation sites (tertiary alicyclic amines) is 1. The maximum Gasteiger partial charge on any atom is 0.272 e. The summed E-state index contributed by atoms with van der Waals surface area (Å²) < 4.78 is 26.2. The van der Waals surface area contributed by atoms with E-state index < -0.39 is 10.0 Å². The number of hydrogen-bond donors (Lipinski definition) is 0. The van der Waals surface area contributed by atoms with Gasteiger partial charge in [0.1, 0.15) is 12.0 Å². The number of aromatic nitrogens is 3. The molecule has 1 amide bonds. The molecule has 2 aromatic heterocycles. The van der Waals surface area contributed by atoms with Crippen molar-refractivity contribution in [3.63, 3.8) is 0 Å². The Balaban J connectivity index is 1.78. The second-order valence-corrected chi connectivity index (χ2v) is 8.25. The summed E-state index contributed by atoms with van der Waals surface area (Å²) in [5.41, 5.74) is 1.14. The summed E-state index contributed by atoms with van der Waals surface area (Å²) >= 11 is 0. The molecule has 1 fully saturated rings. The van der Waals surface area contributed by atoms with Crippen molar-refractivity contribution < 1.29 is 13.2 Å². The topological polar surface area (TPSA) is 96.4 Å². The summed E-state index contributed by atoms with van der Waals surface area (Å²) in [6.45, 7) is 1.17. The Bertz CT molecular complexity index is 845. The number of carbonyl (C=O) groups excluding carboxylic acids is 1. The standard InChI is InChI=1S/C17H21N5O3S/c1-26(24,25)22(11-14-4-2-7-18-10-14)15-5-3-9-21(12-15)17(23)16-6-8-19-13-20-16/h2,4,6-8,10,13,15H,3,5,9,11-12H2,1H3. The third-order valence-electron chi connectivity index (χ3n) is 4.38. The highest BCUT2D eigenvalue weighted by atomic mass is 32.2. The highest BCUT2D eigenvalue weighted by Crippen LogP contribution is 2.22. The molecular formula is C17H21N5O3S. The SMILES string of the molecule is CS(=O)(=O)N(Cc1cccnc1)C1CCCN(C(=O)c2ccncn2)C1. The van der Waals surface area contributed by atoms with E-state index in [0.717, 1.165) is 12.0 Å². The van der Waals surface area contributed by atoms with Crippen molar-refractivity contribution in [1.29, 1.82) is 0 Å². The van der Waals surface area contributed by atoms with Crippen molar-refractivity contribution in [2.75, 3.05) is 19.3 Å². The van der Waals surface area contributed by atoms with E-state index in [1.165, 1.54) is 23.1 Å². The molecule has 0 aromatic carbocycles. The lowest BCUT2D eigenvalue weighted by atomic mass is 10.0. The van der Waals surface area contributed by atoms with Crippen LogP contribution in [0.4, 0.5) is 0 Å². The van der Waals surface area contributed by atoms with Gasteiger partial charge in [0.2, 0.25) is 10.0 Å². The Kier molecular flexibility index (Phi) is 5.58. The molecule has 3 heterocycles. The Morgan fingerprint density at radius 2 is 2.15 bits per heavy atom. The van der Waals surface area contributed by atoms with E-state index in [2.05, 4.69) is 15.0 Å². The molecule has 3 rings (SSSR count). The van der Waals surface area contributed by atoms with Gasteiger partial charge in [-0.15, -0.1) is 0 Å². The quantitative estimate of drug-likeness (QED) is 0.772. The highest BCUT2D eigenvalue weighted by molar-refractivity contribution is 7.88. The first-order chi connectivity index (χ1) is 12.4. The predicted octanol–water partition coefficient (Wildman–Crippen LogP) is 0.938. The van der Waals surface area contributed by atoms with Crippen LogP contribution in [0.15, 0.2) is 43.1 Å². The van der Waals surface area contributed by atoms with E-state index in [1.807, 2.05) is 6.07 Å². The Hall–Kier alpha value is -2.39. The Labute approximate surface area is 153 Å². The van der Waals surface area contributed by atoms with Crippen LogP contribution >= 0.6 is 0 Å². The lowest BCUT2D eigenvalue weighted by molar-refractivity contribution is 0.0644. The van der Waals surface area contributed by atoms with Gasteiger partial charge in [0.25, 0.3) is 5.91 Å². The molecule has 0 bridgehead atoms. The van der Waals surface area contributed by atoms with Gasteiger partial charge in [-0.05, 0) is 30.5 Å². The van der Waals surface area contributed by atoms with E-state index >= 15 is 0 Å². The molecule has 26 heavy (non-hydrogen) atoms. The Morgan fingerprint density at radius 1 is 1.31 bits per heavy atom. The number of sulfonamides is 1. The van der Waals surface area contributed by atoms with Crippen molar-refractivity contribution in [1.82, 2.24) is 24.2 Å². The number of piperidine rings is 1. The molecule has 0 radical (unpaired) electrons. The second kappa shape index (κ2) is 7.88. The average molecular weight is 375 g/mol. The zero-order valence-corrected chi connectivity index (χ0v) is 15.3. The van der Waals surface area contributed by atoms with Crippen molar-refractivity contribution in [2.24, 2.45) is 0 Å². The third-order valence-corrected chi connectivity index (χ3v) is 5.66. The van der Waals surface area contributed by atoms with E-state index in [4.69, 9.17) is 0 Å². The third kappa shape index (κ3) is 4.41. The summed E-state index contributed by atoms with van der Waals surface area (Å²) in [5, 5.41) is 0. The first kappa shape index (κ1) is 18.4. The minimum atomic E-state index is -3.43. The molecule has 1 saturated heterocycles. The fourth-order valence-corrected chi connectivity index (χ4v) is 4.24. The fraction of sp³-hybridized carbons (Fsp3) is 0.412. The van der Waals surface area contributed by atoms with E-state index in [-0.39, 0.29) is 18.5 Å². The molecule has 1 atom stereocenters. The molecule has 2 aromatic rings. The summed E-state index contributed by atoms with van der Waals surface area (Å²) in [5.74, 6) is -0.202. The summed E-state index contributed by atoms with van der Waals surface area (Å²) in [6.07, 6.45) is 8.81. The van der Waals surface area contributed by atoms with Crippen LogP contribution in [0.25, 0.3) is 0 Å². The van der Waals surface area contributed by atoms with E-state index in [0.29, 0.717) is 25.2 Å². The summed E-state index contributed by atoms with van der Waals surface area (Å²) in [6, 6.07) is 4.92. The lowest BCUT2D eigenvalue weighted by Crippen LogP contribution is -2.51. The van der Waals surface area contributed by atoms with Crippen molar-refractivity contribution in [3.8, 4) is 0 Å². The molecule has 1 aliphatic heterocycles. The molecule has 0 aliphatic carbocycles. The predicted molar refractivity (Wildman–Crippen MR) is 95.6 cm³/mol. The molecule has 0 saturated carbocycles. The maximum atomic E-state index is 12.6. The zero-order valence-electron chi connectivity index (χ0n) is 14.5. The molecule has 138 valence electrons. The fourth-order valence-electron chi connectivity index (χ4n) is 3.14. The minimum Gasteiger partial charge on any atom is -0.336 e. The van der Waals surface area contributed by atoms with Crippen LogP contribution in [0.2, 0.25) is 0 Å². The van der Waals surface area contributed by atoms with Gasteiger partial charge in [-0.3, -0.25) is 9.78 Å². The number of amides is 1.